The highest BCUT2D eigenvalue weighted by Gasteiger charge is 2.26. The number of fused-ring (bicyclic) bond motifs is 1. The van der Waals surface area contributed by atoms with Crippen molar-refractivity contribution in [1.82, 2.24) is 0 Å². The second-order valence-corrected chi connectivity index (χ2v) is 5.93. The van der Waals surface area contributed by atoms with Gasteiger partial charge in [0.25, 0.3) is 5.91 Å². The van der Waals surface area contributed by atoms with Crippen LogP contribution in [0.2, 0.25) is 0 Å². The number of carbonyl (C=O) groups excluding carboxylic acids is 1. The normalized spacial score (nSPS) is 25.7. The maximum absolute atomic E-state index is 11.4. The number of nitrogen functional groups attached to an aromatic ring is 1. The van der Waals surface area contributed by atoms with Crippen molar-refractivity contribution in [3.63, 3.8) is 0 Å². The van der Waals surface area contributed by atoms with Gasteiger partial charge in [-0.15, -0.1) is 0 Å². The molecule has 2 aliphatic heterocycles. The zero-order valence-corrected chi connectivity index (χ0v) is 12.0. The average molecular weight is 275 g/mol. The molecule has 0 aliphatic carbocycles. The molecule has 1 aromatic rings. The summed E-state index contributed by atoms with van der Waals surface area (Å²) in [6, 6.07) is 3.75. The molecule has 3 rings (SSSR count). The molecule has 5 nitrogen and oxygen atoms in total. The van der Waals surface area contributed by atoms with Crippen LogP contribution in [0.5, 0.6) is 5.75 Å². The number of hydrogen-bond acceptors (Lipinski definition) is 4. The molecule has 0 bridgehead atoms. The third kappa shape index (κ3) is 2.28. The van der Waals surface area contributed by atoms with Gasteiger partial charge in [-0.05, 0) is 24.3 Å². The van der Waals surface area contributed by atoms with Crippen LogP contribution < -0.4 is 20.7 Å². The third-order valence-electron chi connectivity index (χ3n) is 4.44. The lowest BCUT2D eigenvalue weighted by atomic mass is 9.88. The Bertz CT molecular complexity index is 544. The predicted molar refractivity (Wildman–Crippen MR) is 80.1 cm³/mol. The molecule has 108 valence electrons. The summed E-state index contributed by atoms with van der Waals surface area (Å²) in [5.74, 6) is 1.93. The lowest BCUT2D eigenvalue weighted by Gasteiger charge is -2.37. The number of nitrogens with one attached hydrogen (secondary N) is 1. The van der Waals surface area contributed by atoms with Crippen LogP contribution in [0.3, 0.4) is 0 Å². The molecule has 2 aliphatic rings. The van der Waals surface area contributed by atoms with Crippen LogP contribution in [0.4, 0.5) is 17.1 Å². The summed E-state index contributed by atoms with van der Waals surface area (Å²) < 4.78 is 5.39. The molecule has 2 unspecified atom stereocenters. The summed E-state index contributed by atoms with van der Waals surface area (Å²) in [5, 5.41) is 2.84. The van der Waals surface area contributed by atoms with Crippen molar-refractivity contribution in [1.29, 1.82) is 0 Å². The minimum atomic E-state index is -0.117. The number of hydrogen-bond donors (Lipinski definition) is 2. The molecule has 3 N–H and O–H groups in total. The van der Waals surface area contributed by atoms with E-state index in [4.69, 9.17) is 10.5 Å². The van der Waals surface area contributed by atoms with E-state index in [2.05, 4.69) is 24.1 Å². The Morgan fingerprint density at radius 2 is 2.15 bits per heavy atom. The highest BCUT2D eigenvalue weighted by atomic mass is 16.5. The van der Waals surface area contributed by atoms with Gasteiger partial charge in [-0.2, -0.15) is 0 Å². The fourth-order valence-electron chi connectivity index (χ4n) is 2.89. The number of rotatable bonds is 1. The van der Waals surface area contributed by atoms with E-state index in [1.807, 2.05) is 12.1 Å². The number of nitrogens with zero attached hydrogens (tertiary/aromatic N) is 1. The summed E-state index contributed by atoms with van der Waals surface area (Å²) >= 11 is 0. The third-order valence-corrected chi connectivity index (χ3v) is 4.44. The Balaban J connectivity index is 1.90. The Kier molecular flexibility index (Phi) is 3.20. The Morgan fingerprint density at radius 1 is 1.35 bits per heavy atom. The minimum Gasteiger partial charge on any atom is -0.482 e. The quantitative estimate of drug-likeness (QED) is 0.770. The van der Waals surface area contributed by atoms with E-state index in [1.165, 1.54) is 6.42 Å². The molecule has 2 atom stereocenters. The maximum atomic E-state index is 11.4. The van der Waals surface area contributed by atoms with E-state index >= 15 is 0 Å². The van der Waals surface area contributed by atoms with E-state index in [-0.39, 0.29) is 12.5 Å². The van der Waals surface area contributed by atoms with E-state index in [0.29, 0.717) is 17.4 Å². The van der Waals surface area contributed by atoms with Crippen LogP contribution in [-0.4, -0.2) is 25.6 Å². The Morgan fingerprint density at radius 3 is 2.90 bits per heavy atom. The molecule has 0 saturated carbocycles. The first kappa shape index (κ1) is 13.1. The molecule has 0 radical (unpaired) electrons. The van der Waals surface area contributed by atoms with E-state index in [0.717, 1.165) is 30.4 Å². The molecule has 5 heteroatoms. The van der Waals surface area contributed by atoms with E-state index in [1.54, 1.807) is 0 Å². The number of carbonyl (C=O) groups is 1. The number of nitrogens with two attached hydrogens (primary N) is 1. The minimum absolute atomic E-state index is 0.0596. The first-order valence-electron chi connectivity index (χ1n) is 7.15. The van der Waals surface area contributed by atoms with E-state index in [9.17, 15) is 4.79 Å². The molecule has 2 heterocycles. The molecule has 0 aromatic heterocycles. The van der Waals surface area contributed by atoms with Crippen molar-refractivity contribution in [3.05, 3.63) is 12.1 Å². The Labute approximate surface area is 119 Å². The second-order valence-electron chi connectivity index (χ2n) is 5.93. The number of benzene rings is 1. The summed E-state index contributed by atoms with van der Waals surface area (Å²) in [5.41, 5.74) is 8.58. The van der Waals surface area contributed by atoms with Gasteiger partial charge in [0.1, 0.15) is 5.75 Å². The lowest BCUT2D eigenvalue weighted by molar-refractivity contribution is -0.118. The van der Waals surface area contributed by atoms with Gasteiger partial charge < -0.3 is 20.7 Å². The van der Waals surface area contributed by atoms with Gasteiger partial charge in [0.05, 0.1) is 17.1 Å². The zero-order valence-electron chi connectivity index (χ0n) is 12.0. The van der Waals surface area contributed by atoms with Crippen LogP contribution in [0.15, 0.2) is 12.1 Å². The summed E-state index contributed by atoms with van der Waals surface area (Å²) in [7, 11) is 0. The Hall–Kier alpha value is -1.91. The van der Waals surface area contributed by atoms with Crippen LogP contribution in [0.25, 0.3) is 0 Å². The van der Waals surface area contributed by atoms with Crippen LogP contribution >= 0.6 is 0 Å². The summed E-state index contributed by atoms with van der Waals surface area (Å²) in [6.45, 7) is 6.63. The largest absolute Gasteiger partial charge is 0.482 e. The van der Waals surface area contributed by atoms with Crippen LogP contribution in [-0.2, 0) is 4.79 Å². The molecular weight excluding hydrogens is 254 g/mol. The van der Waals surface area contributed by atoms with Crippen molar-refractivity contribution < 1.29 is 9.53 Å². The van der Waals surface area contributed by atoms with Crippen molar-refractivity contribution >= 4 is 23.0 Å². The van der Waals surface area contributed by atoms with Crippen molar-refractivity contribution in [2.24, 2.45) is 11.8 Å². The maximum Gasteiger partial charge on any atom is 0.262 e. The number of ether oxygens (including phenoxy) is 1. The predicted octanol–water partition coefficient (Wildman–Crippen LogP) is 2.08. The summed E-state index contributed by atoms with van der Waals surface area (Å²) in [4.78, 5) is 13.7. The SMILES string of the molecule is CC1CCN(c2cc3c(cc2N)OCC(=O)N3)CC1C. The standard InChI is InChI=1S/C15H21N3O2/c1-9-3-4-18(7-10(9)2)13-6-12-14(5-11(13)16)20-8-15(19)17-12/h5-6,9-10H,3-4,7-8,16H2,1-2H3,(H,17,19). The fourth-order valence-corrected chi connectivity index (χ4v) is 2.89. The molecule has 1 saturated heterocycles. The van der Waals surface area contributed by atoms with Gasteiger partial charge >= 0.3 is 0 Å². The highest BCUT2D eigenvalue weighted by molar-refractivity contribution is 5.97. The zero-order chi connectivity index (χ0) is 14.3. The van der Waals surface area contributed by atoms with Crippen molar-refractivity contribution in [2.75, 3.05) is 35.6 Å². The fraction of sp³-hybridized carbons (Fsp3) is 0.533. The van der Waals surface area contributed by atoms with Gasteiger partial charge in [0, 0.05) is 19.2 Å². The van der Waals surface area contributed by atoms with Gasteiger partial charge in [-0.3, -0.25) is 4.79 Å². The smallest absolute Gasteiger partial charge is 0.262 e. The highest BCUT2D eigenvalue weighted by Crippen LogP contribution is 2.38. The topological polar surface area (TPSA) is 67.6 Å². The van der Waals surface area contributed by atoms with Gasteiger partial charge in [0.15, 0.2) is 6.61 Å². The van der Waals surface area contributed by atoms with E-state index < -0.39 is 0 Å². The molecule has 20 heavy (non-hydrogen) atoms. The first-order chi connectivity index (χ1) is 9.54. The van der Waals surface area contributed by atoms with Gasteiger partial charge in [-0.25, -0.2) is 0 Å². The molecule has 0 spiro atoms. The molecular formula is C15H21N3O2. The second kappa shape index (κ2) is 4.89. The number of amides is 1. The average Bonchev–Trinajstić information content (AvgIpc) is 2.42. The summed E-state index contributed by atoms with van der Waals surface area (Å²) in [6.07, 6.45) is 1.17. The monoisotopic (exact) mass is 275 g/mol. The number of piperidine rings is 1. The first-order valence-corrected chi connectivity index (χ1v) is 7.15. The van der Waals surface area contributed by atoms with Gasteiger partial charge in [-0.1, -0.05) is 13.8 Å². The molecule has 1 fully saturated rings. The number of anilines is 3. The molecule has 1 amide bonds. The van der Waals surface area contributed by atoms with Crippen LogP contribution in [0.1, 0.15) is 20.3 Å². The van der Waals surface area contributed by atoms with Crippen molar-refractivity contribution in [3.8, 4) is 5.75 Å². The van der Waals surface area contributed by atoms with Gasteiger partial charge in [0.2, 0.25) is 0 Å². The lowest BCUT2D eigenvalue weighted by Crippen LogP contribution is -2.39. The van der Waals surface area contributed by atoms with Crippen LogP contribution in [0, 0.1) is 11.8 Å². The molecule has 1 aromatic carbocycles. The van der Waals surface area contributed by atoms with Crippen molar-refractivity contribution in [2.45, 2.75) is 20.3 Å².